The minimum Gasteiger partial charge on any atom is -0.261 e. The highest BCUT2D eigenvalue weighted by Crippen LogP contribution is 2.16. The topological polar surface area (TPSA) is 30.7 Å². The van der Waals surface area contributed by atoms with Crippen LogP contribution in [0.4, 0.5) is 0 Å². The lowest BCUT2D eigenvalue weighted by Crippen LogP contribution is -2.00. The minimum absolute atomic E-state index is 0.446. The number of hydrogen-bond acceptors (Lipinski definition) is 2. The Morgan fingerprint density at radius 3 is 2.73 bits per heavy atom. The molecule has 0 atom stereocenters. The molecule has 15 heavy (non-hydrogen) atoms. The Kier molecular flexibility index (Phi) is 2.73. The lowest BCUT2D eigenvalue weighted by Gasteiger charge is -2.07. The number of halogens is 1. The van der Waals surface area contributed by atoms with Crippen LogP contribution in [0.5, 0.6) is 0 Å². The van der Waals surface area contributed by atoms with Crippen molar-refractivity contribution in [2.45, 2.75) is 19.7 Å². The van der Waals surface area contributed by atoms with Gasteiger partial charge in [-0.1, -0.05) is 0 Å². The average molecular weight is 222 g/mol. The molecule has 0 amide bonds. The summed E-state index contributed by atoms with van der Waals surface area (Å²) < 4.78 is 1.84. The molecule has 4 heteroatoms. The summed E-state index contributed by atoms with van der Waals surface area (Å²) in [5.41, 5.74) is 4.09. The third-order valence-corrected chi connectivity index (χ3v) is 2.49. The largest absolute Gasteiger partial charge is 0.261 e. The zero-order valence-electron chi connectivity index (χ0n) is 8.74. The lowest BCUT2D eigenvalue weighted by atomic mass is 10.2. The Labute approximate surface area is 93.7 Å². The summed E-state index contributed by atoms with van der Waals surface area (Å²) in [5.74, 6) is 0.446. The third kappa shape index (κ3) is 2.02. The number of hydrogen-bond donors (Lipinski definition) is 0. The van der Waals surface area contributed by atoms with Crippen LogP contribution < -0.4 is 0 Å². The molecule has 0 N–H and O–H groups in total. The molecule has 0 aliphatic rings. The lowest BCUT2D eigenvalue weighted by molar-refractivity contribution is 0.863. The van der Waals surface area contributed by atoms with Crippen LogP contribution in [-0.4, -0.2) is 14.8 Å². The third-order valence-electron chi connectivity index (χ3n) is 2.20. The molecule has 2 rings (SSSR count). The van der Waals surface area contributed by atoms with E-state index in [-0.39, 0.29) is 0 Å². The molecule has 0 saturated heterocycles. The van der Waals surface area contributed by atoms with E-state index in [9.17, 15) is 0 Å². The Morgan fingerprint density at radius 1 is 1.33 bits per heavy atom. The monoisotopic (exact) mass is 221 g/mol. The Morgan fingerprint density at radius 2 is 2.13 bits per heavy atom. The van der Waals surface area contributed by atoms with Gasteiger partial charge in [-0.2, -0.15) is 5.10 Å². The number of aryl methyl sites for hydroxylation is 2. The van der Waals surface area contributed by atoms with Crippen molar-refractivity contribution in [1.82, 2.24) is 14.8 Å². The fourth-order valence-electron chi connectivity index (χ4n) is 1.43. The SMILES string of the molecule is Cc1cnn(-c2cc(C)ncc2CCl)c1. The van der Waals surface area contributed by atoms with Crippen molar-refractivity contribution in [3.8, 4) is 5.69 Å². The van der Waals surface area contributed by atoms with E-state index in [1.54, 1.807) is 6.20 Å². The van der Waals surface area contributed by atoms with Gasteiger partial charge in [0.25, 0.3) is 0 Å². The van der Waals surface area contributed by atoms with Gasteiger partial charge in [0.2, 0.25) is 0 Å². The van der Waals surface area contributed by atoms with Gasteiger partial charge in [0.15, 0.2) is 0 Å². The minimum atomic E-state index is 0.446. The second-order valence-corrected chi connectivity index (χ2v) is 3.82. The van der Waals surface area contributed by atoms with Gasteiger partial charge in [-0.15, -0.1) is 11.6 Å². The van der Waals surface area contributed by atoms with E-state index in [2.05, 4.69) is 10.1 Å². The summed E-state index contributed by atoms with van der Waals surface area (Å²) in [4.78, 5) is 4.22. The molecule has 0 aliphatic heterocycles. The van der Waals surface area contributed by atoms with Crippen molar-refractivity contribution in [2.24, 2.45) is 0 Å². The highest BCUT2D eigenvalue weighted by Gasteiger charge is 2.05. The number of nitrogens with zero attached hydrogens (tertiary/aromatic N) is 3. The summed E-state index contributed by atoms with van der Waals surface area (Å²) >= 11 is 5.86. The van der Waals surface area contributed by atoms with Crippen LogP contribution in [0.3, 0.4) is 0 Å². The zero-order chi connectivity index (χ0) is 10.8. The van der Waals surface area contributed by atoms with Crippen molar-refractivity contribution < 1.29 is 0 Å². The van der Waals surface area contributed by atoms with E-state index in [0.29, 0.717) is 5.88 Å². The Bertz CT molecular complexity index is 476. The van der Waals surface area contributed by atoms with Crippen LogP contribution in [0.2, 0.25) is 0 Å². The number of rotatable bonds is 2. The molecule has 0 aliphatic carbocycles. The van der Waals surface area contributed by atoms with Gasteiger partial charge >= 0.3 is 0 Å². The van der Waals surface area contributed by atoms with Gasteiger partial charge in [-0.05, 0) is 25.5 Å². The van der Waals surface area contributed by atoms with Gasteiger partial charge in [0.05, 0.1) is 17.8 Å². The molecule has 2 aromatic rings. The van der Waals surface area contributed by atoms with Crippen LogP contribution in [0, 0.1) is 13.8 Å². The molecule has 0 bridgehead atoms. The molecule has 78 valence electrons. The fraction of sp³-hybridized carbons (Fsp3) is 0.273. The summed E-state index contributed by atoms with van der Waals surface area (Å²) in [6.07, 6.45) is 5.60. The van der Waals surface area contributed by atoms with Crippen molar-refractivity contribution >= 4 is 11.6 Å². The molecule has 0 saturated carbocycles. The molecular weight excluding hydrogens is 210 g/mol. The van der Waals surface area contributed by atoms with E-state index in [1.165, 1.54) is 0 Å². The predicted octanol–water partition coefficient (Wildman–Crippen LogP) is 2.62. The highest BCUT2D eigenvalue weighted by molar-refractivity contribution is 6.17. The molecular formula is C11H12ClN3. The summed E-state index contributed by atoms with van der Waals surface area (Å²) in [6, 6.07) is 1.99. The van der Waals surface area contributed by atoms with Crippen molar-refractivity contribution in [3.63, 3.8) is 0 Å². The summed E-state index contributed by atoms with van der Waals surface area (Å²) in [5, 5.41) is 4.27. The summed E-state index contributed by atoms with van der Waals surface area (Å²) in [7, 11) is 0. The Balaban J connectivity index is 2.55. The van der Waals surface area contributed by atoms with Crippen LogP contribution in [0.1, 0.15) is 16.8 Å². The van der Waals surface area contributed by atoms with Crippen LogP contribution in [0.25, 0.3) is 5.69 Å². The number of pyridine rings is 1. The first-order valence-electron chi connectivity index (χ1n) is 4.74. The molecule has 3 nitrogen and oxygen atoms in total. The average Bonchev–Trinajstić information content (AvgIpc) is 2.65. The van der Waals surface area contributed by atoms with Crippen molar-refractivity contribution in [3.05, 3.63) is 41.5 Å². The van der Waals surface area contributed by atoms with Gasteiger partial charge in [-0.3, -0.25) is 4.98 Å². The number of aromatic nitrogens is 3. The van der Waals surface area contributed by atoms with Gasteiger partial charge in [0, 0.05) is 23.7 Å². The molecule has 0 spiro atoms. The zero-order valence-corrected chi connectivity index (χ0v) is 9.49. The fourth-order valence-corrected chi connectivity index (χ4v) is 1.64. The van der Waals surface area contributed by atoms with E-state index in [4.69, 9.17) is 11.6 Å². The van der Waals surface area contributed by atoms with Gasteiger partial charge in [0.1, 0.15) is 0 Å². The normalized spacial score (nSPS) is 10.6. The molecule has 2 aromatic heterocycles. The molecule has 2 heterocycles. The highest BCUT2D eigenvalue weighted by atomic mass is 35.5. The van der Waals surface area contributed by atoms with E-state index in [1.807, 2.05) is 37.0 Å². The van der Waals surface area contributed by atoms with Gasteiger partial charge < -0.3 is 0 Å². The Hall–Kier alpha value is -1.35. The second kappa shape index (κ2) is 4.03. The smallest absolute Gasteiger partial charge is 0.0723 e. The first-order valence-corrected chi connectivity index (χ1v) is 5.27. The van der Waals surface area contributed by atoms with E-state index < -0.39 is 0 Å². The molecule has 0 aromatic carbocycles. The van der Waals surface area contributed by atoms with Crippen molar-refractivity contribution in [2.75, 3.05) is 0 Å². The maximum absolute atomic E-state index is 5.86. The van der Waals surface area contributed by atoms with E-state index >= 15 is 0 Å². The van der Waals surface area contributed by atoms with Gasteiger partial charge in [-0.25, -0.2) is 4.68 Å². The molecule has 0 unspecified atom stereocenters. The summed E-state index contributed by atoms with van der Waals surface area (Å²) in [6.45, 7) is 3.97. The van der Waals surface area contributed by atoms with Crippen LogP contribution in [-0.2, 0) is 5.88 Å². The second-order valence-electron chi connectivity index (χ2n) is 3.55. The van der Waals surface area contributed by atoms with Crippen molar-refractivity contribution in [1.29, 1.82) is 0 Å². The molecule has 0 fully saturated rings. The maximum atomic E-state index is 5.86. The van der Waals surface area contributed by atoms with Crippen LogP contribution >= 0.6 is 11.6 Å². The first kappa shape index (κ1) is 10.2. The standard InChI is InChI=1S/C11H12ClN3/c1-8-5-14-15(7-8)11-3-9(2)13-6-10(11)4-12/h3,5-7H,4H2,1-2H3. The first-order chi connectivity index (χ1) is 7.20. The quantitative estimate of drug-likeness (QED) is 0.730. The number of alkyl halides is 1. The van der Waals surface area contributed by atoms with Crippen LogP contribution in [0.15, 0.2) is 24.7 Å². The predicted molar refractivity (Wildman–Crippen MR) is 60.4 cm³/mol. The molecule has 0 radical (unpaired) electrons. The maximum Gasteiger partial charge on any atom is 0.0723 e. The van der Waals surface area contributed by atoms with E-state index in [0.717, 1.165) is 22.5 Å².